The van der Waals surface area contributed by atoms with Crippen LogP contribution in [0.3, 0.4) is 0 Å². The molecule has 6 nitrogen and oxygen atoms in total. The molecule has 1 atom stereocenters. The van der Waals surface area contributed by atoms with Gasteiger partial charge in [0.1, 0.15) is 11.6 Å². The van der Waals surface area contributed by atoms with Crippen molar-refractivity contribution in [2.24, 2.45) is 0 Å². The number of rotatable bonds is 5. The lowest BCUT2D eigenvalue weighted by Crippen LogP contribution is -2.46. The third-order valence-corrected chi connectivity index (χ3v) is 7.61. The highest BCUT2D eigenvalue weighted by Gasteiger charge is 2.44. The molecule has 2 aromatic carbocycles. The molecule has 156 valence electrons. The molecule has 1 N–H and O–H groups in total. The second-order valence-corrected chi connectivity index (χ2v) is 9.57. The van der Waals surface area contributed by atoms with Crippen molar-refractivity contribution in [2.75, 3.05) is 32.1 Å². The van der Waals surface area contributed by atoms with E-state index in [-0.39, 0.29) is 16.5 Å². The maximum absolute atomic E-state index is 13.5. The Morgan fingerprint density at radius 3 is 2.66 bits per heavy atom. The summed E-state index contributed by atoms with van der Waals surface area (Å²) < 4.78 is 51.9. The van der Waals surface area contributed by atoms with Crippen molar-refractivity contribution < 1.29 is 22.3 Å². The van der Waals surface area contributed by atoms with E-state index in [9.17, 15) is 12.8 Å². The molecule has 0 aliphatic carbocycles. The van der Waals surface area contributed by atoms with Gasteiger partial charge in [0.2, 0.25) is 10.0 Å². The molecule has 29 heavy (non-hydrogen) atoms. The van der Waals surface area contributed by atoms with Gasteiger partial charge < -0.3 is 14.8 Å². The van der Waals surface area contributed by atoms with Crippen LogP contribution in [0.5, 0.6) is 5.75 Å². The normalized spacial score (nSPS) is 21.9. The first kappa shape index (κ1) is 20.1. The van der Waals surface area contributed by atoms with Crippen molar-refractivity contribution in [3.05, 3.63) is 54.3 Å². The second kappa shape index (κ2) is 7.93. The van der Waals surface area contributed by atoms with Crippen molar-refractivity contribution in [1.82, 2.24) is 4.31 Å². The van der Waals surface area contributed by atoms with Crippen LogP contribution in [0.25, 0.3) is 0 Å². The molecule has 8 heteroatoms. The van der Waals surface area contributed by atoms with E-state index in [1.54, 1.807) is 7.11 Å². The van der Waals surface area contributed by atoms with E-state index >= 15 is 0 Å². The van der Waals surface area contributed by atoms with E-state index in [4.69, 9.17) is 9.47 Å². The summed E-state index contributed by atoms with van der Waals surface area (Å²) in [5, 5.41) is 3.48. The molecule has 1 unspecified atom stereocenters. The van der Waals surface area contributed by atoms with Crippen LogP contribution >= 0.6 is 0 Å². The fourth-order valence-electron chi connectivity index (χ4n) is 4.14. The smallest absolute Gasteiger partial charge is 0.243 e. The van der Waals surface area contributed by atoms with Crippen LogP contribution in [-0.4, -0.2) is 51.2 Å². The molecular weight excluding hydrogens is 395 g/mol. The fourth-order valence-corrected chi connectivity index (χ4v) is 5.62. The van der Waals surface area contributed by atoms with Crippen molar-refractivity contribution >= 4 is 15.7 Å². The molecule has 2 aromatic rings. The monoisotopic (exact) mass is 420 g/mol. The number of ether oxygens (including phenoxy) is 2. The quantitative estimate of drug-likeness (QED) is 0.804. The molecule has 0 bridgehead atoms. The third-order valence-electron chi connectivity index (χ3n) is 5.72. The van der Waals surface area contributed by atoms with Gasteiger partial charge in [-0.15, -0.1) is 0 Å². The summed E-state index contributed by atoms with van der Waals surface area (Å²) >= 11 is 0. The molecule has 2 fully saturated rings. The number of anilines is 1. The van der Waals surface area contributed by atoms with Crippen molar-refractivity contribution in [2.45, 2.75) is 35.8 Å². The topological polar surface area (TPSA) is 67.9 Å². The summed E-state index contributed by atoms with van der Waals surface area (Å²) in [6, 6.07) is 13.1. The number of nitrogens with one attached hydrogen (secondary N) is 1. The fraction of sp³-hybridized carbons (Fsp3) is 0.429. The summed E-state index contributed by atoms with van der Waals surface area (Å²) in [6.07, 6.45) is 2.06. The highest BCUT2D eigenvalue weighted by Crippen LogP contribution is 2.38. The molecule has 2 heterocycles. The maximum Gasteiger partial charge on any atom is 0.243 e. The molecule has 0 saturated carbocycles. The minimum Gasteiger partial charge on any atom is -0.497 e. The van der Waals surface area contributed by atoms with Gasteiger partial charge in [0.15, 0.2) is 0 Å². The van der Waals surface area contributed by atoms with Gasteiger partial charge in [-0.2, -0.15) is 4.31 Å². The Balaban J connectivity index is 1.38. The number of sulfonamides is 1. The SMILES string of the molecule is COc1cccc(NC2COC3(CCN(S(=O)(=O)c4cccc(F)c4)CC3)C2)c1. The van der Waals surface area contributed by atoms with E-state index in [1.807, 2.05) is 24.3 Å². The Labute approximate surface area is 170 Å². The molecule has 0 amide bonds. The Morgan fingerprint density at radius 1 is 1.17 bits per heavy atom. The highest BCUT2D eigenvalue weighted by atomic mass is 32.2. The van der Waals surface area contributed by atoms with Crippen molar-refractivity contribution in [3.63, 3.8) is 0 Å². The lowest BCUT2D eigenvalue weighted by Gasteiger charge is -2.38. The van der Waals surface area contributed by atoms with Crippen LogP contribution in [0.4, 0.5) is 10.1 Å². The van der Waals surface area contributed by atoms with Gasteiger partial charge >= 0.3 is 0 Å². The average molecular weight is 421 g/mol. The van der Waals surface area contributed by atoms with Crippen LogP contribution in [0, 0.1) is 5.82 Å². The molecule has 0 aromatic heterocycles. The van der Waals surface area contributed by atoms with Gasteiger partial charge in [0, 0.05) is 24.8 Å². The maximum atomic E-state index is 13.5. The minimum absolute atomic E-state index is 0.00152. The van der Waals surface area contributed by atoms with Crippen LogP contribution in [-0.2, 0) is 14.8 Å². The van der Waals surface area contributed by atoms with Gasteiger partial charge in [-0.25, -0.2) is 12.8 Å². The summed E-state index contributed by atoms with van der Waals surface area (Å²) in [7, 11) is -2.05. The first-order chi connectivity index (χ1) is 13.9. The lowest BCUT2D eigenvalue weighted by molar-refractivity contribution is -0.0310. The molecule has 2 aliphatic rings. The van der Waals surface area contributed by atoms with Crippen LogP contribution < -0.4 is 10.1 Å². The minimum atomic E-state index is -3.69. The van der Waals surface area contributed by atoms with Crippen LogP contribution in [0.2, 0.25) is 0 Å². The van der Waals surface area contributed by atoms with Gasteiger partial charge in [-0.1, -0.05) is 12.1 Å². The number of hydrogen-bond acceptors (Lipinski definition) is 5. The van der Waals surface area contributed by atoms with Crippen molar-refractivity contribution in [3.8, 4) is 5.75 Å². The Hall–Kier alpha value is -2.16. The van der Waals surface area contributed by atoms with E-state index in [0.717, 1.165) is 23.9 Å². The van der Waals surface area contributed by atoms with E-state index < -0.39 is 15.8 Å². The number of piperidine rings is 1. The van der Waals surface area contributed by atoms with E-state index in [0.29, 0.717) is 32.5 Å². The standard InChI is InChI=1S/C21H25FN2O4S/c1-27-19-6-3-5-17(13-19)23-18-14-21(28-15-18)8-10-24(11-9-21)29(25,26)20-7-2-4-16(22)12-20/h2-7,12-13,18,23H,8-11,14-15H2,1H3. The lowest BCUT2D eigenvalue weighted by atomic mass is 9.88. The number of nitrogens with zero attached hydrogens (tertiary/aromatic N) is 1. The number of hydrogen-bond donors (Lipinski definition) is 1. The second-order valence-electron chi connectivity index (χ2n) is 7.63. The van der Waals surface area contributed by atoms with Gasteiger partial charge in [-0.3, -0.25) is 0 Å². The first-order valence-electron chi connectivity index (χ1n) is 9.71. The van der Waals surface area contributed by atoms with Gasteiger partial charge in [-0.05, 0) is 49.6 Å². The Bertz CT molecular complexity index is 974. The predicted molar refractivity (Wildman–Crippen MR) is 108 cm³/mol. The Kier molecular flexibility index (Phi) is 5.50. The largest absolute Gasteiger partial charge is 0.497 e. The van der Waals surface area contributed by atoms with Crippen LogP contribution in [0.1, 0.15) is 19.3 Å². The first-order valence-corrected chi connectivity index (χ1v) is 11.1. The molecule has 0 radical (unpaired) electrons. The molecule has 2 aliphatic heterocycles. The summed E-state index contributed by atoms with van der Waals surface area (Å²) in [4.78, 5) is -0.00152. The molecule has 2 saturated heterocycles. The molecule has 4 rings (SSSR count). The summed E-state index contributed by atoms with van der Waals surface area (Å²) in [6.45, 7) is 1.31. The number of halogens is 1. The average Bonchev–Trinajstić information content (AvgIpc) is 3.10. The predicted octanol–water partition coefficient (Wildman–Crippen LogP) is 3.26. The number of benzene rings is 2. The molecule has 1 spiro atoms. The zero-order valence-corrected chi connectivity index (χ0v) is 17.1. The molecular formula is C21H25FN2O4S. The Morgan fingerprint density at radius 2 is 1.93 bits per heavy atom. The highest BCUT2D eigenvalue weighted by molar-refractivity contribution is 7.89. The van der Waals surface area contributed by atoms with Crippen LogP contribution in [0.15, 0.2) is 53.4 Å². The third kappa shape index (κ3) is 4.24. The zero-order valence-electron chi connectivity index (χ0n) is 16.3. The number of methoxy groups -OCH3 is 1. The zero-order chi connectivity index (χ0) is 20.5. The summed E-state index contributed by atoms with van der Waals surface area (Å²) in [5.41, 5.74) is 0.658. The van der Waals surface area contributed by atoms with E-state index in [2.05, 4.69) is 5.32 Å². The summed E-state index contributed by atoms with van der Waals surface area (Å²) in [5.74, 6) is 0.240. The van der Waals surface area contributed by atoms with Gasteiger partial charge in [0.05, 0.1) is 30.3 Å². The van der Waals surface area contributed by atoms with Crippen molar-refractivity contribution in [1.29, 1.82) is 0 Å². The van der Waals surface area contributed by atoms with Gasteiger partial charge in [0.25, 0.3) is 0 Å². The van der Waals surface area contributed by atoms with E-state index in [1.165, 1.54) is 22.5 Å².